The van der Waals surface area contributed by atoms with Crippen LogP contribution in [0.1, 0.15) is 13.8 Å². The maximum Gasteiger partial charge on any atom is 0.225 e. The molecule has 4 nitrogen and oxygen atoms in total. The van der Waals surface area contributed by atoms with Crippen molar-refractivity contribution < 1.29 is 9.59 Å². The number of amides is 2. The second-order valence-electron chi connectivity index (χ2n) is 4.84. The third-order valence-electron chi connectivity index (χ3n) is 2.44. The lowest BCUT2D eigenvalue weighted by molar-refractivity contribution is -0.132. The van der Waals surface area contributed by atoms with Crippen LogP contribution in [0.15, 0.2) is 0 Å². The van der Waals surface area contributed by atoms with Crippen molar-refractivity contribution in [2.45, 2.75) is 13.8 Å². The van der Waals surface area contributed by atoms with Crippen molar-refractivity contribution in [3.63, 3.8) is 0 Å². The quantitative estimate of drug-likeness (QED) is 0.530. The van der Waals surface area contributed by atoms with E-state index in [0.717, 1.165) is 11.5 Å². The van der Waals surface area contributed by atoms with Crippen molar-refractivity contribution in [1.82, 2.24) is 9.80 Å². The van der Waals surface area contributed by atoms with E-state index in [0.29, 0.717) is 0 Å². The molecule has 0 aromatic carbocycles. The summed E-state index contributed by atoms with van der Waals surface area (Å²) in [5.74, 6) is 1.92. The Hall–Kier alpha value is -0.360. The molecule has 6 heteroatoms. The van der Waals surface area contributed by atoms with E-state index < -0.39 is 0 Å². The highest BCUT2D eigenvalue weighted by atomic mass is 33.1. The van der Waals surface area contributed by atoms with Gasteiger partial charge in [0.2, 0.25) is 11.8 Å². The van der Waals surface area contributed by atoms with E-state index in [2.05, 4.69) is 0 Å². The second kappa shape index (κ2) is 8.69. The molecule has 0 saturated heterocycles. The first kappa shape index (κ1) is 17.6. The Labute approximate surface area is 118 Å². The Morgan fingerprint density at radius 1 is 0.833 bits per heavy atom. The third-order valence-corrected chi connectivity index (χ3v) is 5.20. The number of hydrogen-bond donors (Lipinski definition) is 0. The summed E-state index contributed by atoms with van der Waals surface area (Å²) < 4.78 is 0. The van der Waals surface area contributed by atoms with Crippen LogP contribution in [-0.4, -0.2) is 61.3 Å². The number of carbonyl (C=O) groups excluding carboxylic acids is 2. The van der Waals surface area contributed by atoms with Crippen LogP contribution in [-0.2, 0) is 9.59 Å². The van der Waals surface area contributed by atoms with Crippen LogP contribution in [0.3, 0.4) is 0 Å². The lowest BCUT2D eigenvalue weighted by atomic mass is 10.2. The van der Waals surface area contributed by atoms with E-state index in [1.54, 1.807) is 59.6 Å². The van der Waals surface area contributed by atoms with Crippen molar-refractivity contribution in [2.24, 2.45) is 11.8 Å². The molecule has 0 fully saturated rings. The predicted molar refractivity (Wildman–Crippen MR) is 80.6 cm³/mol. The standard InChI is InChI=1S/C12H24N2O2S2/c1-9(11(15)13(3)4)7-17-18-8-10(2)12(16)14(5)6/h9-10H,7-8H2,1-6H3. The molecule has 0 rings (SSSR count). The molecule has 0 N–H and O–H groups in total. The minimum absolute atomic E-state index is 0.0253. The van der Waals surface area contributed by atoms with Crippen molar-refractivity contribution >= 4 is 33.4 Å². The molecule has 0 spiro atoms. The first-order valence-electron chi connectivity index (χ1n) is 5.94. The molecule has 2 atom stereocenters. The number of carbonyl (C=O) groups is 2. The summed E-state index contributed by atoms with van der Waals surface area (Å²) in [4.78, 5) is 26.5. The molecule has 0 saturated carbocycles. The third kappa shape index (κ3) is 6.54. The molecule has 0 aliphatic heterocycles. The van der Waals surface area contributed by atoms with Gasteiger partial charge in [0.15, 0.2) is 0 Å². The van der Waals surface area contributed by atoms with Crippen molar-refractivity contribution in [1.29, 1.82) is 0 Å². The van der Waals surface area contributed by atoms with Crippen molar-refractivity contribution in [3.05, 3.63) is 0 Å². The van der Waals surface area contributed by atoms with E-state index in [1.165, 1.54) is 0 Å². The molecule has 0 radical (unpaired) electrons. The largest absolute Gasteiger partial charge is 0.349 e. The zero-order chi connectivity index (χ0) is 14.3. The number of rotatable bonds is 7. The van der Waals surface area contributed by atoms with Crippen LogP contribution in [0.25, 0.3) is 0 Å². The van der Waals surface area contributed by atoms with Gasteiger partial charge >= 0.3 is 0 Å². The molecule has 0 aromatic rings. The van der Waals surface area contributed by atoms with Gasteiger partial charge in [0.05, 0.1) is 0 Å². The minimum Gasteiger partial charge on any atom is -0.349 e. The van der Waals surface area contributed by atoms with Gasteiger partial charge in [-0.3, -0.25) is 9.59 Å². The zero-order valence-corrected chi connectivity index (χ0v) is 13.7. The van der Waals surface area contributed by atoms with Crippen LogP contribution in [0.5, 0.6) is 0 Å². The Morgan fingerprint density at radius 3 is 1.33 bits per heavy atom. The average Bonchev–Trinajstić information content (AvgIpc) is 2.31. The maximum atomic E-state index is 11.6. The molecule has 0 aliphatic carbocycles. The van der Waals surface area contributed by atoms with Crippen molar-refractivity contribution in [3.8, 4) is 0 Å². The number of hydrogen-bond acceptors (Lipinski definition) is 4. The lowest BCUT2D eigenvalue weighted by Crippen LogP contribution is -2.29. The Kier molecular flexibility index (Phi) is 8.52. The monoisotopic (exact) mass is 292 g/mol. The van der Waals surface area contributed by atoms with Crippen LogP contribution in [0, 0.1) is 11.8 Å². The van der Waals surface area contributed by atoms with Crippen LogP contribution in [0.2, 0.25) is 0 Å². The molecule has 0 bridgehead atoms. The van der Waals surface area contributed by atoms with Gasteiger partial charge in [-0.15, -0.1) is 0 Å². The molecule has 18 heavy (non-hydrogen) atoms. The smallest absolute Gasteiger partial charge is 0.225 e. The topological polar surface area (TPSA) is 40.6 Å². The Balaban J connectivity index is 3.80. The fourth-order valence-corrected chi connectivity index (χ4v) is 4.01. The zero-order valence-electron chi connectivity index (χ0n) is 12.1. The molecule has 0 aromatic heterocycles. The van der Waals surface area contributed by atoms with Crippen LogP contribution < -0.4 is 0 Å². The Bertz CT molecular complexity index is 255. The van der Waals surface area contributed by atoms with Crippen LogP contribution in [0.4, 0.5) is 0 Å². The second-order valence-corrected chi connectivity index (χ2v) is 7.39. The molecule has 2 amide bonds. The van der Waals surface area contributed by atoms with Gasteiger partial charge in [-0.2, -0.15) is 0 Å². The van der Waals surface area contributed by atoms with Gasteiger partial charge in [0.25, 0.3) is 0 Å². The summed E-state index contributed by atoms with van der Waals surface area (Å²) in [7, 11) is 10.4. The summed E-state index contributed by atoms with van der Waals surface area (Å²) in [6.07, 6.45) is 0. The highest BCUT2D eigenvalue weighted by Gasteiger charge is 2.17. The molecule has 2 unspecified atom stereocenters. The van der Waals surface area contributed by atoms with Gasteiger partial charge < -0.3 is 9.80 Å². The van der Waals surface area contributed by atoms with Crippen LogP contribution >= 0.6 is 21.6 Å². The van der Waals surface area contributed by atoms with Gasteiger partial charge in [0, 0.05) is 51.5 Å². The van der Waals surface area contributed by atoms with E-state index in [9.17, 15) is 9.59 Å². The average molecular weight is 292 g/mol. The first-order chi connectivity index (χ1) is 8.27. The van der Waals surface area contributed by atoms with Gasteiger partial charge in [0.1, 0.15) is 0 Å². The van der Waals surface area contributed by atoms with E-state index in [-0.39, 0.29) is 23.7 Å². The lowest BCUT2D eigenvalue weighted by Gasteiger charge is -2.17. The first-order valence-corrected chi connectivity index (χ1v) is 8.42. The summed E-state index contributed by atoms with van der Waals surface area (Å²) in [6.45, 7) is 3.87. The highest BCUT2D eigenvalue weighted by Crippen LogP contribution is 2.27. The number of nitrogens with zero attached hydrogens (tertiary/aromatic N) is 2. The highest BCUT2D eigenvalue weighted by molar-refractivity contribution is 8.76. The summed E-state index contributed by atoms with van der Waals surface area (Å²) in [5, 5.41) is 0. The van der Waals surface area contributed by atoms with Gasteiger partial charge in [-0.05, 0) is 0 Å². The fourth-order valence-electron chi connectivity index (χ4n) is 1.32. The predicted octanol–water partition coefficient (Wildman–Crippen LogP) is 1.82. The SMILES string of the molecule is CC(CSSCC(C)C(=O)N(C)C)C(=O)N(C)C. The van der Waals surface area contributed by atoms with E-state index >= 15 is 0 Å². The van der Waals surface area contributed by atoms with Gasteiger partial charge in [-0.1, -0.05) is 35.4 Å². The normalized spacial score (nSPS) is 13.9. The maximum absolute atomic E-state index is 11.6. The summed E-state index contributed by atoms with van der Waals surface area (Å²) in [6, 6.07) is 0. The Morgan fingerprint density at radius 2 is 1.11 bits per heavy atom. The minimum atomic E-state index is 0.0253. The van der Waals surface area contributed by atoms with E-state index in [1.807, 2.05) is 13.8 Å². The molecule has 0 aliphatic rings. The van der Waals surface area contributed by atoms with Crippen molar-refractivity contribution in [2.75, 3.05) is 39.7 Å². The van der Waals surface area contributed by atoms with Gasteiger partial charge in [-0.25, -0.2) is 0 Å². The molecular weight excluding hydrogens is 268 g/mol. The molecule has 106 valence electrons. The summed E-state index contributed by atoms with van der Waals surface area (Å²) >= 11 is 0. The summed E-state index contributed by atoms with van der Waals surface area (Å²) in [5.41, 5.74) is 0. The molecule has 0 heterocycles. The van der Waals surface area contributed by atoms with E-state index in [4.69, 9.17) is 0 Å². The molecular formula is C12H24N2O2S2. The fraction of sp³-hybridized carbons (Fsp3) is 0.833.